The van der Waals surface area contributed by atoms with Crippen molar-refractivity contribution in [3.63, 3.8) is 0 Å². The first-order valence-electron chi connectivity index (χ1n) is 6.44. The lowest BCUT2D eigenvalue weighted by atomic mass is 10.1. The fraction of sp³-hybridized carbons (Fsp3) is 0.429. The van der Waals surface area contributed by atoms with Gasteiger partial charge >= 0.3 is 12.0 Å². The van der Waals surface area contributed by atoms with Gasteiger partial charge in [-0.1, -0.05) is 29.8 Å². The van der Waals surface area contributed by atoms with Crippen LogP contribution in [0.1, 0.15) is 25.5 Å². The lowest BCUT2D eigenvalue weighted by molar-refractivity contribution is -0.141. The third kappa shape index (κ3) is 4.34. The summed E-state index contributed by atoms with van der Waals surface area (Å²) < 4.78 is 0. The molecule has 3 atom stereocenters. The summed E-state index contributed by atoms with van der Waals surface area (Å²) in [5, 5.41) is 21.1. The minimum absolute atomic E-state index is 0.345. The Hall–Kier alpha value is -1.79. The molecular weight excluding hydrogens is 296 g/mol. The van der Waals surface area contributed by atoms with Gasteiger partial charge in [-0.2, -0.15) is 0 Å². The first-order chi connectivity index (χ1) is 9.75. The normalized spacial score (nSPS) is 14.9. The number of aliphatic hydroxyl groups excluding tert-OH is 1. The molecule has 0 aliphatic heterocycles. The number of nitrogens with zero attached hydrogens (tertiary/aromatic N) is 1. The fourth-order valence-electron chi connectivity index (χ4n) is 1.82. The Labute approximate surface area is 128 Å². The quantitative estimate of drug-likeness (QED) is 0.774. The Bertz CT molecular complexity index is 521. The molecule has 6 nitrogen and oxygen atoms in total. The van der Waals surface area contributed by atoms with E-state index in [2.05, 4.69) is 5.32 Å². The number of aliphatic carboxylic acids is 1. The van der Waals surface area contributed by atoms with Crippen LogP contribution in [0, 0.1) is 0 Å². The third-order valence-electron chi connectivity index (χ3n) is 3.28. The van der Waals surface area contributed by atoms with Crippen LogP contribution in [-0.2, 0) is 4.79 Å². The lowest BCUT2D eigenvalue weighted by Gasteiger charge is -2.28. The maximum Gasteiger partial charge on any atom is 0.328 e. The molecule has 3 N–H and O–H groups in total. The molecule has 21 heavy (non-hydrogen) atoms. The standard InChI is InChI=1S/C14H19ClN2O4/c1-8(10-6-4-5-7-11(10)15)17(3)14(21)16-12(9(2)18)13(19)20/h4-9,12,18H,1-3H3,(H,16,21)(H,19,20). The van der Waals surface area contributed by atoms with Crippen LogP contribution >= 0.6 is 11.6 Å². The molecule has 0 fully saturated rings. The summed E-state index contributed by atoms with van der Waals surface area (Å²) in [6.07, 6.45) is -1.20. The van der Waals surface area contributed by atoms with E-state index in [9.17, 15) is 14.7 Å². The van der Waals surface area contributed by atoms with E-state index in [-0.39, 0.29) is 6.04 Å². The average molecular weight is 315 g/mol. The number of carbonyl (C=O) groups is 2. The van der Waals surface area contributed by atoms with Crippen LogP contribution in [0.5, 0.6) is 0 Å². The monoisotopic (exact) mass is 314 g/mol. The summed E-state index contributed by atoms with van der Waals surface area (Å²) in [4.78, 5) is 24.4. The van der Waals surface area contributed by atoms with Gasteiger partial charge in [0.15, 0.2) is 6.04 Å². The molecule has 0 saturated heterocycles. The number of amides is 2. The van der Waals surface area contributed by atoms with Gasteiger partial charge in [0.1, 0.15) is 0 Å². The molecule has 116 valence electrons. The molecule has 1 aromatic carbocycles. The molecule has 1 rings (SSSR count). The topological polar surface area (TPSA) is 89.9 Å². The van der Waals surface area contributed by atoms with E-state index in [1.165, 1.54) is 18.9 Å². The van der Waals surface area contributed by atoms with E-state index < -0.39 is 24.1 Å². The Morgan fingerprint density at radius 2 is 1.86 bits per heavy atom. The Morgan fingerprint density at radius 3 is 2.33 bits per heavy atom. The molecule has 0 spiro atoms. The van der Waals surface area contributed by atoms with Gasteiger partial charge in [0.25, 0.3) is 0 Å². The lowest BCUT2D eigenvalue weighted by Crippen LogP contribution is -2.51. The van der Waals surface area contributed by atoms with Crippen molar-refractivity contribution in [3.05, 3.63) is 34.9 Å². The average Bonchev–Trinajstić information content (AvgIpc) is 2.42. The molecule has 0 aromatic heterocycles. The Morgan fingerprint density at radius 1 is 1.29 bits per heavy atom. The molecule has 0 aliphatic carbocycles. The Kier molecular flexibility index (Phi) is 5.99. The number of urea groups is 1. The second-order valence-corrected chi connectivity index (χ2v) is 5.22. The Balaban J connectivity index is 2.83. The number of hydrogen-bond acceptors (Lipinski definition) is 3. The highest BCUT2D eigenvalue weighted by atomic mass is 35.5. The zero-order valence-corrected chi connectivity index (χ0v) is 12.8. The zero-order chi connectivity index (χ0) is 16.2. The number of rotatable bonds is 5. The molecule has 0 bridgehead atoms. The summed E-state index contributed by atoms with van der Waals surface area (Å²) in [6, 6.07) is 4.79. The third-order valence-corrected chi connectivity index (χ3v) is 3.63. The highest BCUT2D eigenvalue weighted by Gasteiger charge is 2.28. The highest BCUT2D eigenvalue weighted by molar-refractivity contribution is 6.31. The fourth-order valence-corrected chi connectivity index (χ4v) is 2.12. The molecule has 0 heterocycles. The van der Waals surface area contributed by atoms with Gasteiger partial charge in [-0.05, 0) is 25.5 Å². The van der Waals surface area contributed by atoms with Gasteiger partial charge in [-0.3, -0.25) is 0 Å². The number of benzene rings is 1. The van der Waals surface area contributed by atoms with E-state index in [0.29, 0.717) is 5.02 Å². The van der Waals surface area contributed by atoms with Gasteiger partial charge in [-0.25, -0.2) is 9.59 Å². The van der Waals surface area contributed by atoms with Gasteiger partial charge < -0.3 is 20.4 Å². The maximum absolute atomic E-state index is 12.1. The molecular formula is C14H19ClN2O4. The van der Waals surface area contributed by atoms with Gasteiger partial charge in [0.05, 0.1) is 12.1 Å². The molecule has 0 saturated carbocycles. The predicted octanol–water partition coefficient (Wildman–Crippen LogP) is 1.88. The van der Waals surface area contributed by atoms with Crippen LogP contribution in [0.4, 0.5) is 4.79 Å². The highest BCUT2D eigenvalue weighted by Crippen LogP contribution is 2.26. The molecule has 0 radical (unpaired) electrons. The summed E-state index contributed by atoms with van der Waals surface area (Å²) in [5.41, 5.74) is 0.751. The summed E-state index contributed by atoms with van der Waals surface area (Å²) >= 11 is 6.08. The minimum Gasteiger partial charge on any atom is -0.480 e. The number of carboxylic acids is 1. The van der Waals surface area contributed by atoms with Gasteiger partial charge in [-0.15, -0.1) is 0 Å². The smallest absolute Gasteiger partial charge is 0.328 e. The second-order valence-electron chi connectivity index (χ2n) is 4.81. The number of carboxylic acid groups (broad SMARTS) is 1. The van der Waals surface area contributed by atoms with Crippen LogP contribution < -0.4 is 5.32 Å². The molecule has 7 heteroatoms. The van der Waals surface area contributed by atoms with E-state index in [0.717, 1.165) is 5.56 Å². The summed E-state index contributed by atoms with van der Waals surface area (Å²) in [6.45, 7) is 3.08. The van der Waals surface area contributed by atoms with Crippen molar-refractivity contribution >= 4 is 23.6 Å². The number of hydrogen-bond donors (Lipinski definition) is 3. The first-order valence-corrected chi connectivity index (χ1v) is 6.82. The van der Waals surface area contributed by atoms with Crippen LogP contribution in [-0.4, -0.2) is 46.3 Å². The van der Waals surface area contributed by atoms with Crippen molar-refractivity contribution < 1.29 is 19.8 Å². The van der Waals surface area contributed by atoms with Crippen LogP contribution in [0.15, 0.2) is 24.3 Å². The number of halogens is 1. The van der Waals surface area contributed by atoms with Gasteiger partial charge in [0, 0.05) is 12.1 Å². The van der Waals surface area contributed by atoms with Crippen molar-refractivity contribution in [2.24, 2.45) is 0 Å². The van der Waals surface area contributed by atoms with E-state index in [4.69, 9.17) is 16.7 Å². The molecule has 3 unspecified atom stereocenters. The number of carbonyl (C=O) groups excluding carboxylic acids is 1. The number of nitrogens with one attached hydrogen (secondary N) is 1. The van der Waals surface area contributed by atoms with Crippen molar-refractivity contribution in [3.8, 4) is 0 Å². The first kappa shape index (κ1) is 17.3. The van der Waals surface area contributed by atoms with E-state index in [1.54, 1.807) is 31.2 Å². The minimum atomic E-state index is -1.36. The second kappa shape index (κ2) is 7.28. The van der Waals surface area contributed by atoms with E-state index >= 15 is 0 Å². The molecule has 2 amide bonds. The molecule has 0 aliphatic rings. The van der Waals surface area contributed by atoms with E-state index in [1.807, 2.05) is 0 Å². The van der Waals surface area contributed by atoms with Crippen molar-refractivity contribution in [2.45, 2.75) is 32.0 Å². The van der Waals surface area contributed by atoms with Crippen LogP contribution in [0.2, 0.25) is 5.02 Å². The molecule has 1 aromatic rings. The number of aliphatic hydroxyl groups is 1. The van der Waals surface area contributed by atoms with Crippen molar-refractivity contribution in [1.29, 1.82) is 0 Å². The zero-order valence-electron chi connectivity index (χ0n) is 12.1. The maximum atomic E-state index is 12.1. The summed E-state index contributed by atoms with van der Waals surface area (Å²) in [5.74, 6) is -1.29. The summed E-state index contributed by atoms with van der Waals surface area (Å²) in [7, 11) is 1.53. The van der Waals surface area contributed by atoms with Crippen molar-refractivity contribution in [1.82, 2.24) is 10.2 Å². The SMILES string of the molecule is CC(O)C(NC(=O)N(C)C(C)c1ccccc1Cl)C(=O)O. The van der Waals surface area contributed by atoms with Crippen LogP contribution in [0.3, 0.4) is 0 Å². The van der Waals surface area contributed by atoms with Gasteiger partial charge in [0.2, 0.25) is 0 Å². The predicted molar refractivity (Wildman–Crippen MR) is 79.3 cm³/mol. The van der Waals surface area contributed by atoms with Crippen molar-refractivity contribution in [2.75, 3.05) is 7.05 Å². The van der Waals surface area contributed by atoms with Crippen LogP contribution in [0.25, 0.3) is 0 Å². The largest absolute Gasteiger partial charge is 0.480 e.